The van der Waals surface area contributed by atoms with Gasteiger partial charge < -0.3 is 9.84 Å². The molecule has 7 nitrogen and oxygen atoms in total. The first-order valence-electron chi connectivity index (χ1n) is 8.94. The van der Waals surface area contributed by atoms with Gasteiger partial charge in [0.25, 0.3) is 0 Å². The van der Waals surface area contributed by atoms with Crippen molar-refractivity contribution in [1.82, 2.24) is 4.90 Å². The number of ether oxygens (including phenoxy) is 1. The van der Waals surface area contributed by atoms with Crippen LogP contribution in [-0.4, -0.2) is 53.9 Å². The number of hydrogen-bond donors (Lipinski definition) is 1. The Morgan fingerprint density at radius 2 is 1.75 bits per heavy atom. The van der Waals surface area contributed by atoms with Gasteiger partial charge in [0.1, 0.15) is 11.6 Å². The van der Waals surface area contributed by atoms with Crippen molar-refractivity contribution < 1.29 is 27.9 Å². The Balaban J connectivity index is 1.91. The lowest BCUT2D eigenvalue weighted by Crippen LogP contribution is -2.43. The van der Waals surface area contributed by atoms with Gasteiger partial charge in [0.05, 0.1) is 10.1 Å². The minimum atomic E-state index is -3.82. The minimum absolute atomic E-state index is 0.117. The molecule has 0 radical (unpaired) electrons. The zero-order chi connectivity index (χ0) is 20.7. The van der Waals surface area contributed by atoms with Crippen molar-refractivity contribution in [3.63, 3.8) is 0 Å². The molecule has 0 aromatic heterocycles. The molecule has 1 aliphatic heterocycles. The van der Waals surface area contributed by atoms with Gasteiger partial charge in [-0.25, -0.2) is 18.0 Å². The lowest BCUT2D eigenvalue weighted by Gasteiger charge is -2.26. The molecular formula is C20H23NO6S. The van der Waals surface area contributed by atoms with Gasteiger partial charge in [0.15, 0.2) is 9.84 Å². The summed E-state index contributed by atoms with van der Waals surface area (Å²) in [7, 11) is -3.82. The van der Waals surface area contributed by atoms with E-state index in [1.165, 1.54) is 6.07 Å². The Bertz CT molecular complexity index is 1020. The highest BCUT2D eigenvalue weighted by atomic mass is 32.2. The first kappa shape index (κ1) is 20.1. The summed E-state index contributed by atoms with van der Waals surface area (Å²) in [5.74, 6) is -1.25. The highest BCUT2D eigenvalue weighted by Gasteiger charge is 2.46. The van der Waals surface area contributed by atoms with Gasteiger partial charge in [-0.2, -0.15) is 0 Å². The van der Waals surface area contributed by atoms with Crippen molar-refractivity contribution in [1.29, 1.82) is 0 Å². The maximum Gasteiger partial charge on any atom is 0.411 e. The van der Waals surface area contributed by atoms with Crippen molar-refractivity contribution in [2.75, 3.05) is 6.54 Å². The van der Waals surface area contributed by atoms with E-state index in [9.17, 15) is 23.1 Å². The Kier molecular flexibility index (Phi) is 5.10. The second kappa shape index (κ2) is 7.09. The Labute approximate surface area is 163 Å². The largest absolute Gasteiger partial charge is 0.480 e. The maximum absolute atomic E-state index is 13.1. The fourth-order valence-electron chi connectivity index (χ4n) is 3.32. The Morgan fingerprint density at radius 3 is 2.36 bits per heavy atom. The summed E-state index contributed by atoms with van der Waals surface area (Å²) in [5.41, 5.74) is -0.810. The summed E-state index contributed by atoms with van der Waals surface area (Å²) in [6, 6.07) is 11.0. The molecule has 1 heterocycles. The molecule has 8 heteroatoms. The van der Waals surface area contributed by atoms with Crippen LogP contribution in [0.3, 0.4) is 0 Å². The van der Waals surface area contributed by atoms with Crippen molar-refractivity contribution in [3.8, 4) is 0 Å². The fraction of sp³-hybridized carbons (Fsp3) is 0.400. The summed E-state index contributed by atoms with van der Waals surface area (Å²) in [4.78, 5) is 25.1. The van der Waals surface area contributed by atoms with E-state index < -0.39 is 38.8 Å². The molecule has 0 saturated carbocycles. The van der Waals surface area contributed by atoms with Crippen molar-refractivity contribution in [2.24, 2.45) is 0 Å². The van der Waals surface area contributed by atoms with E-state index in [1.54, 1.807) is 32.9 Å². The summed E-state index contributed by atoms with van der Waals surface area (Å²) >= 11 is 0. The van der Waals surface area contributed by atoms with E-state index in [0.717, 1.165) is 15.7 Å². The van der Waals surface area contributed by atoms with Gasteiger partial charge in [-0.15, -0.1) is 0 Å². The number of carbonyl (C=O) groups is 2. The number of carboxylic acid groups (broad SMARTS) is 1. The average Bonchev–Trinajstić information content (AvgIpc) is 3.06. The van der Waals surface area contributed by atoms with Gasteiger partial charge in [-0.1, -0.05) is 30.3 Å². The van der Waals surface area contributed by atoms with Gasteiger partial charge in [-0.05, 0) is 50.1 Å². The molecule has 2 aromatic carbocycles. The number of hydrogen-bond acceptors (Lipinski definition) is 5. The lowest BCUT2D eigenvalue weighted by atomic mass is 10.1. The lowest BCUT2D eigenvalue weighted by molar-refractivity contribution is -0.142. The van der Waals surface area contributed by atoms with Crippen LogP contribution < -0.4 is 0 Å². The van der Waals surface area contributed by atoms with Gasteiger partial charge in [0.2, 0.25) is 0 Å². The molecular weight excluding hydrogens is 382 g/mol. The van der Waals surface area contributed by atoms with E-state index in [2.05, 4.69) is 0 Å². The Hall–Kier alpha value is -2.61. The number of sulfone groups is 1. The normalized spacial score (nSPS) is 20.3. The van der Waals surface area contributed by atoms with Gasteiger partial charge in [0, 0.05) is 6.54 Å². The SMILES string of the molecule is CC(C)(C)OC(=O)N1CC(S(=O)(=O)c2ccc3ccccc3c2)CC1C(=O)O. The van der Waals surface area contributed by atoms with Crippen LogP contribution in [0.1, 0.15) is 27.2 Å². The third-order valence-corrected chi connectivity index (χ3v) is 6.79. The first-order chi connectivity index (χ1) is 13.0. The maximum atomic E-state index is 13.1. The van der Waals surface area contributed by atoms with Gasteiger partial charge >= 0.3 is 12.1 Å². The number of aliphatic carboxylic acids is 1. The Morgan fingerprint density at radius 1 is 1.11 bits per heavy atom. The molecule has 28 heavy (non-hydrogen) atoms. The number of nitrogens with zero attached hydrogens (tertiary/aromatic N) is 1. The smallest absolute Gasteiger partial charge is 0.411 e. The van der Waals surface area contributed by atoms with E-state index >= 15 is 0 Å². The van der Waals surface area contributed by atoms with Crippen LogP contribution in [0.5, 0.6) is 0 Å². The number of amides is 1. The number of carboxylic acids is 1. The molecule has 2 unspecified atom stereocenters. The number of rotatable bonds is 3. The van der Waals surface area contributed by atoms with Crippen molar-refractivity contribution >= 4 is 32.7 Å². The number of benzene rings is 2. The zero-order valence-corrected chi connectivity index (χ0v) is 16.8. The highest BCUT2D eigenvalue weighted by Crippen LogP contribution is 2.31. The fourth-order valence-corrected chi connectivity index (χ4v) is 5.04. The molecule has 2 aromatic rings. The van der Waals surface area contributed by atoms with E-state index in [1.807, 2.05) is 24.3 Å². The quantitative estimate of drug-likeness (QED) is 0.842. The number of fused-ring (bicyclic) bond motifs is 1. The molecule has 1 aliphatic rings. The third kappa shape index (κ3) is 3.96. The summed E-state index contributed by atoms with van der Waals surface area (Å²) < 4.78 is 31.5. The molecule has 150 valence electrons. The van der Waals surface area contributed by atoms with Crippen molar-refractivity contribution in [2.45, 2.75) is 49.0 Å². The molecule has 0 bridgehead atoms. The summed E-state index contributed by atoms with van der Waals surface area (Å²) in [6.07, 6.45) is -1.000. The first-order valence-corrected chi connectivity index (χ1v) is 10.5. The predicted molar refractivity (Wildman–Crippen MR) is 104 cm³/mol. The van der Waals surface area contributed by atoms with Crippen LogP contribution in [0.25, 0.3) is 10.8 Å². The topological polar surface area (TPSA) is 101 Å². The molecule has 1 amide bonds. The van der Waals surface area contributed by atoms with Crippen LogP contribution in [0, 0.1) is 0 Å². The molecule has 3 rings (SSSR count). The molecule has 0 aliphatic carbocycles. The zero-order valence-electron chi connectivity index (χ0n) is 16.0. The van der Waals surface area contributed by atoms with Crippen LogP contribution in [0.4, 0.5) is 4.79 Å². The predicted octanol–water partition coefficient (Wildman–Crippen LogP) is 3.08. The average molecular weight is 405 g/mol. The number of carbonyl (C=O) groups excluding carboxylic acids is 1. The van der Waals surface area contributed by atoms with E-state index in [-0.39, 0.29) is 17.9 Å². The van der Waals surface area contributed by atoms with Gasteiger partial charge in [-0.3, -0.25) is 4.90 Å². The third-order valence-electron chi connectivity index (χ3n) is 4.66. The standard InChI is InChI=1S/C20H23NO6S/c1-20(2,3)27-19(24)21-12-16(11-17(21)18(22)23)28(25,26)15-9-8-13-6-4-5-7-14(13)10-15/h4-10,16-17H,11-12H2,1-3H3,(H,22,23). The number of likely N-dealkylation sites (tertiary alicyclic amines) is 1. The van der Waals surface area contributed by atoms with E-state index in [4.69, 9.17) is 4.74 Å². The molecule has 1 N–H and O–H groups in total. The molecule has 0 spiro atoms. The second-order valence-electron chi connectivity index (χ2n) is 7.90. The summed E-state index contributed by atoms with van der Waals surface area (Å²) in [5, 5.41) is 10.2. The second-order valence-corrected chi connectivity index (χ2v) is 10.1. The minimum Gasteiger partial charge on any atom is -0.480 e. The molecule has 1 saturated heterocycles. The molecule has 1 fully saturated rings. The molecule has 2 atom stereocenters. The van der Waals surface area contributed by atoms with E-state index in [0.29, 0.717) is 0 Å². The van der Waals surface area contributed by atoms with Crippen LogP contribution in [0.2, 0.25) is 0 Å². The summed E-state index contributed by atoms with van der Waals surface area (Å²) in [6.45, 7) is 4.78. The highest BCUT2D eigenvalue weighted by molar-refractivity contribution is 7.92. The van der Waals surface area contributed by atoms with Crippen LogP contribution in [-0.2, 0) is 19.4 Å². The monoisotopic (exact) mass is 405 g/mol. The van der Waals surface area contributed by atoms with Crippen LogP contribution in [0.15, 0.2) is 47.4 Å². The van der Waals surface area contributed by atoms with Crippen molar-refractivity contribution in [3.05, 3.63) is 42.5 Å². The van der Waals surface area contributed by atoms with Crippen LogP contribution >= 0.6 is 0 Å².